The van der Waals surface area contributed by atoms with Crippen LogP contribution in [0.4, 0.5) is 13.2 Å². The van der Waals surface area contributed by atoms with Gasteiger partial charge in [-0.1, -0.05) is 12.2 Å². The van der Waals surface area contributed by atoms with Crippen LogP contribution in [0.2, 0.25) is 0 Å². The third-order valence-electron chi connectivity index (χ3n) is 1.51. The van der Waals surface area contributed by atoms with Gasteiger partial charge in [-0.05, 0) is 12.1 Å². The van der Waals surface area contributed by atoms with Crippen molar-refractivity contribution in [3.8, 4) is 0 Å². The van der Waals surface area contributed by atoms with Gasteiger partial charge in [0.25, 0.3) is 0 Å². The number of halogens is 3. The standard InChI is InChI=1S/C8H5F3O3S/c9-8(10,11)6-2-1-4(14-6)3-5(15)7(12)13/h1-2H,3H2,(H,12,13). The van der Waals surface area contributed by atoms with Gasteiger partial charge >= 0.3 is 12.1 Å². The lowest BCUT2D eigenvalue weighted by atomic mass is 10.2. The van der Waals surface area contributed by atoms with Crippen LogP contribution in [0, 0.1) is 0 Å². The Hall–Kier alpha value is -1.37. The fourth-order valence-electron chi connectivity index (χ4n) is 0.859. The van der Waals surface area contributed by atoms with Crippen molar-refractivity contribution in [2.75, 3.05) is 0 Å². The minimum absolute atomic E-state index is 0.116. The molecule has 1 aromatic rings. The Morgan fingerprint density at radius 3 is 2.47 bits per heavy atom. The van der Waals surface area contributed by atoms with E-state index in [1.165, 1.54) is 0 Å². The molecule has 0 saturated heterocycles. The fourth-order valence-corrected chi connectivity index (χ4v) is 1.00. The first kappa shape index (κ1) is 11.7. The highest BCUT2D eigenvalue weighted by Crippen LogP contribution is 2.30. The molecule has 0 bridgehead atoms. The summed E-state index contributed by atoms with van der Waals surface area (Å²) in [6.45, 7) is 0. The van der Waals surface area contributed by atoms with Gasteiger partial charge in [0.15, 0.2) is 0 Å². The van der Waals surface area contributed by atoms with Gasteiger partial charge in [-0.25, -0.2) is 4.79 Å². The quantitative estimate of drug-likeness (QED) is 0.821. The Bertz CT molecular complexity index is 394. The SMILES string of the molecule is O=C(O)C(=S)Cc1ccc(C(F)(F)F)o1. The lowest BCUT2D eigenvalue weighted by molar-refractivity contribution is -0.153. The van der Waals surface area contributed by atoms with Crippen LogP contribution < -0.4 is 0 Å². The second kappa shape index (κ2) is 4.01. The van der Waals surface area contributed by atoms with Crippen molar-refractivity contribution in [2.45, 2.75) is 12.6 Å². The summed E-state index contributed by atoms with van der Waals surface area (Å²) in [6, 6.07) is 1.79. The molecule has 82 valence electrons. The zero-order valence-electron chi connectivity index (χ0n) is 7.17. The van der Waals surface area contributed by atoms with Crippen LogP contribution in [0.15, 0.2) is 16.5 Å². The van der Waals surface area contributed by atoms with Crippen molar-refractivity contribution in [1.29, 1.82) is 0 Å². The first-order valence-corrected chi connectivity index (χ1v) is 4.13. The smallest absolute Gasteiger partial charge is 0.449 e. The summed E-state index contributed by atoms with van der Waals surface area (Å²) in [5, 5.41) is 8.40. The topological polar surface area (TPSA) is 50.4 Å². The van der Waals surface area contributed by atoms with Gasteiger partial charge in [-0.3, -0.25) is 0 Å². The molecule has 0 amide bonds. The van der Waals surface area contributed by atoms with Crippen LogP contribution in [0.25, 0.3) is 0 Å². The van der Waals surface area contributed by atoms with Gasteiger partial charge in [0.1, 0.15) is 10.6 Å². The number of rotatable bonds is 3. The summed E-state index contributed by atoms with van der Waals surface area (Å²) in [5.41, 5.74) is 0. The van der Waals surface area contributed by atoms with Gasteiger partial charge in [0.2, 0.25) is 5.76 Å². The molecule has 1 rings (SSSR count). The highest BCUT2D eigenvalue weighted by atomic mass is 32.1. The molecule has 0 radical (unpaired) electrons. The van der Waals surface area contributed by atoms with Gasteiger partial charge in [-0.2, -0.15) is 13.2 Å². The first-order valence-electron chi connectivity index (χ1n) is 3.72. The second-order valence-electron chi connectivity index (χ2n) is 2.67. The fraction of sp³-hybridized carbons (Fsp3) is 0.250. The van der Waals surface area contributed by atoms with Crippen LogP contribution in [-0.2, 0) is 17.4 Å². The molecular weight excluding hydrogens is 233 g/mol. The maximum absolute atomic E-state index is 12.1. The van der Waals surface area contributed by atoms with E-state index in [1.807, 2.05) is 0 Å². The van der Waals surface area contributed by atoms with E-state index >= 15 is 0 Å². The molecule has 1 aromatic heterocycles. The highest BCUT2D eigenvalue weighted by molar-refractivity contribution is 7.82. The van der Waals surface area contributed by atoms with Crippen LogP contribution in [0.3, 0.4) is 0 Å². The molecule has 0 aromatic carbocycles. The van der Waals surface area contributed by atoms with E-state index in [0.29, 0.717) is 0 Å². The number of furan rings is 1. The normalized spacial score (nSPS) is 11.4. The Kier molecular flexibility index (Phi) is 3.13. The van der Waals surface area contributed by atoms with Gasteiger partial charge in [0, 0.05) is 6.42 Å². The van der Waals surface area contributed by atoms with Crippen molar-refractivity contribution >= 4 is 23.1 Å². The summed E-state index contributed by atoms with van der Waals surface area (Å²) in [7, 11) is 0. The molecule has 7 heteroatoms. The van der Waals surface area contributed by atoms with Crippen molar-refractivity contribution in [3.05, 3.63) is 23.7 Å². The number of hydrogen-bond acceptors (Lipinski definition) is 3. The Morgan fingerprint density at radius 2 is 2.07 bits per heavy atom. The summed E-state index contributed by atoms with van der Waals surface area (Å²) >= 11 is 4.42. The zero-order valence-corrected chi connectivity index (χ0v) is 7.98. The molecule has 0 fully saturated rings. The van der Waals surface area contributed by atoms with E-state index in [1.54, 1.807) is 0 Å². The van der Waals surface area contributed by atoms with E-state index in [9.17, 15) is 18.0 Å². The summed E-state index contributed by atoms with van der Waals surface area (Å²) < 4.78 is 40.6. The molecule has 0 aliphatic rings. The third-order valence-corrected chi connectivity index (χ3v) is 1.83. The van der Waals surface area contributed by atoms with Crippen molar-refractivity contribution in [3.63, 3.8) is 0 Å². The van der Waals surface area contributed by atoms with E-state index in [2.05, 4.69) is 16.6 Å². The highest BCUT2D eigenvalue weighted by Gasteiger charge is 2.34. The number of thiocarbonyl (C=S) groups is 1. The third kappa shape index (κ3) is 3.05. The minimum Gasteiger partial charge on any atom is -0.477 e. The van der Waals surface area contributed by atoms with Crippen molar-refractivity contribution in [2.24, 2.45) is 0 Å². The average Bonchev–Trinajstić information content (AvgIpc) is 2.51. The van der Waals surface area contributed by atoms with Crippen LogP contribution in [0.1, 0.15) is 11.5 Å². The summed E-state index contributed by atoms with van der Waals surface area (Å²) in [4.78, 5) is 9.91. The predicted molar refractivity (Wildman–Crippen MR) is 47.6 cm³/mol. The maximum Gasteiger partial charge on any atom is 0.449 e. The van der Waals surface area contributed by atoms with Gasteiger partial charge in [-0.15, -0.1) is 0 Å². The van der Waals surface area contributed by atoms with Crippen LogP contribution in [0.5, 0.6) is 0 Å². The molecule has 0 unspecified atom stereocenters. The monoisotopic (exact) mass is 238 g/mol. The Labute approximate surface area is 87.5 Å². The van der Waals surface area contributed by atoms with Gasteiger partial charge < -0.3 is 9.52 Å². The predicted octanol–water partition coefficient (Wildman–Crippen LogP) is 2.30. The number of aliphatic carboxylic acids is 1. The lowest BCUT2D eigenvalue weighted by Gasteiger charge is -2.00. The van der Waals surface area contributed by atoms with E-state index in [4.69, 9.17) is 5.11 Å². The van der Waals surface area contributed by atoms with Gasteiger partial charge in [0.05, 0.1) is 0 Å². The molecule has 0 spiro atoms. The number of carbonyl (C=O) groups is 1. The molecule has 15 heavy (non-hydrogen) atoms. The minimum atomic E-state index is -4.57. The molecule has 1 heterocycles. The molecular formula is C8H5F3O3S. The molecule has 0 aliphatic heterocycles. The first-order chi connectivity index (χ1) is 6.80. The molecule has 0 aliphatic carbocycles. The number of hydrogen-bond donors (Lipinski definition) is 1. The summed E-state index contributed by atoms with van der Waals surface area (Å²) in [6.07, 6.45) is -4.89. The largest absolute Gasteiger partial charge is 0.477 e. The van der Waals surface area contributed by atoms with E-state index in [0.717, 1.165) is 12.1 Å². The molecule has 3 nitrogen and oxygen atoms in total. The number of carboxylic acid groups (broad SMARTS) is 1. The van der Waals surface area contributed by atoms with E-state index < -0.39 is 22.8 Å². The average molecular weight is 238 g/mol. The second-order valence-corrected chi connectivity index (χ2v) is 3.16. The van der Waals surface area contributed by atoms with E-state index in [-0.39, 0.29) is 12.2 Å². The molecule has 0 saturated carbocycles. The number of alkyl halides is 3. The van der Waals surface area contributed by atoms with Crippen molar-refractivity contribution in [1.82, 2.24) is 0 Å². The Balaban J connectivity index is 2.78. The van der Waals surface area contributed by atoms with Crippen LogP contribution in [-0.4, -0.2) is 15.9 Å². The Morgan fingerprint density at radius 1 is 1.47 bits per heavy atom. The maximum atomic E-state index is 12.1. The summed E-state index contributed by atoms with van der Waals surface area (Å²) in [5.74, 6) is -2.62. The van der Waals surface area contributed by atoms with Crippen LogP contribution >= 0.6 is 12.2 Å². The zero-order chi connectivity index (χ0) is 11.6. The number of carboxylic acids is 1. The lowest BCUT2D eigenvalue weighted by Crippen LogP contribution is -2.12. The van der Waals surface area contributed by atoms with Crippen molar-refractivity contribution < 1.29 is 27.5 Å². The molecule has 0 atom stereocenters. The molecule has 1 N–H and O–H groups in total.